The second-order valence-corrected chi connectivity index (χ2v) is 3.98. The Kier molecular flexibility index (Phi) is 2.48. The number of aromatic amines is 1. The molecule has 90 valence electrons. The molecule has 0 radical (unpaired) electrons. The van der Waals surface area contributed by atoms with Crippen LogP contribution >= 0.6 is 0 Å². The first-order valence-corrected chi connectivity index (χ1v) is 5.56. The van der Waals surface area contributed by atoms with Gasteiger partial charge >= 0.3 is 0 Å². The summed E-state index contributed by atoms with van der Waals surface area (Å²) in [6.07, 6.45) is 0. The van der Waals surface area contributed by atoms with Crippen molar-refractivity contribution in [1.82, 2.24) is 9.97 Å². The summed E-state index contributed by atoms with van der Waals surface area (Å²) in [5, 5.41) is 0. The van der Waals surface area contributed by atoms with Crippen LogP contribution in [0.5, 0.6) is 5.75 Å². The molecule has 0 saturated heterocycles. The largest absolute Gasteiger partial charge is 0.497 e. The van der Waals surface area contributed by atoms with E-state index in [9.17, 15) is 4.39 Å². The second-order valence-electron chi connectivity index (χ2n) is 3.98. The minimum atomic E-state index is -0.273. The predicted molar refractivity (Wildman–Crippen MR) is 68.0 cm³/mol. The van der Waals surface area contributed by atoms with Gasteiger partial charge in [0.1, 0.15) is 17.4 Å². The van der Waals surface area contributed by atoms with Crippen molar-refractivity contribution >= 4 is 11.0 Å². The van der Waals surface area contributed by atoms with Gasteiger partial charge in [0.05, 0.1) is 18.1 Å². The summed E-state index contributed by atoms with van der Waals surface area (Å²) in [5.74, 6) is 1.14. The van der Waals surface area contributed by atoms with E-state index in [0.717, 1.165) is 22.3 Å². The van der Waals surface area contributed by atoms with Crippen LogP contribution in [0.3, 0.4) is 0 Å². The molecule has 2 aromatic carbocycles. The molecule has 0 saturated carbocycles. The van der Waals surface area contributed by atoms with Crippen LogP contribution < -0.4 is 4.74 Å². The Morgan fingerprint density at radius 3 is 2.83 bits per heavy atom. The molecule has 0 bridgehead atoms. The summed E-state index contributed by atoms with van der Waals surface area (Å²) < 4.78 is 18.3. The first-order valence-electron chi connectivity index (χ1n) is 5.56. The Morgan fingerprint density at radius 1 is 1.17 bits per heavy atom. The Morgan fingerprint density at radius 2 is 2.06 bits per heavy atom. The Balaban J connectivity index is 2.13. The van der Waals surface area contributed by atoms with E-state index < -0.39 is 0 Å². The molecule has 0 aliphatic carbocycles. The van der Waals surface area contributed by atoms with Gasteiger partial charge in [0.2, 0.25) is 0 Å². The van der Waals surface area contributed by atoms with Crippen LogP contribution in [-0.2, 0) is 0 Å². The number of hydrogen-bond donors (Lipinski definition) is 1. The van der Waals surface area contributed by atoms with Crippen LogP contribution in [0.15, 0.2) is 42.5 Å². The number of ether oxygens (including phenoxy) is 1. The van der Waals surface area contributed by atoms with Crippen LogP contribution in [-0.4, -0.2) is 17.1 Å². The number of H-pyrrole nitrogens is 1. The maximum absolute atomic E-state index is 13.2. The number of nitrogens with zero attached hydrogens (tertiary/aromatic N) is 1. The average molecular weight is 242 g/mol. The number of nitrogens with one attached hydrogen (secondary N) is 1. The summed E-state index contributed by atoms with van der Waals surface area (Å²) in [4.78, 5) is 7.58. The molecule has 4 heteroatoms. The summed E-state index contributed by atoms with van der Waals surface area (Å²) in [5.41, 5.74) is 2.42. The summed E-state index contributed by atoms with van der Waals surface area (Å²) in [7, 11) is 1.62. The monoisotopic (exact) mass is 242 g/mol. The highest BCUT2D eigenvalue weighted by Crippen LogP contribution is 2.23. The lowest BCUT2D eigenvalue weighted by Crippen LogP contribution is -1.81. The van der Waals surface area contributed by atoms with Crippen LogP contribution in [0.1, 0.15) is 0 Å². The van der Waals surface area contributed by atoms with Gasteiger partial charge in [0.25, 0.3) is 0 Å². The van der Waals surface area contributed by atoms with Gasteiger partial charge in [-0.1, -0.05) is 12.1 Å². The van der Waals surface area contributed by atoms with Crippen LogP contribution in [0.25, 0.3) is 22.4 Å². The van der Waals surface area contributed by atoms with E-state index in [1.807, 2.05) is 24.3 Å². The van der Waals surface area contributed by atoms with Crippen molar-refractivity contribution in [2.45, 2.75) is 0 Å². The number of rotatable bonds is 2. The summed E-state index contributed by atoms with van der Waals surface area (Å²) in [6.45, 7) is 0. The Bertz CT molecular complexity index is 706. The molecule has 1 heterocycles. The third-order valence-corrected chi connectivity index (χ3v) is 2.79. The fourth-order valence-corrected chi connectivity index (χ4v) is 1.89. The van der Waals surface area contributed by atoms with Crippen molar-refractivity contribution in [3.63, 3.8) is 0 Å². The molecule has 3 rings (SSSR count). The zero-order chi connectivity index (χ0) is 12.5. The van der Waals surface area contributed by atoms with E-state index in [4.69, 9.17) is 4.74 Å². The van der Waals surface area contributed by atoms with Crippen LogP contribution in [0, 0.1) is 5.82 Å². The maximum Gasteiger partial charge on any atom is 0.138 e. The second kappa shape index (κ2) is 4.14. The van der Waals surface area contributed by atoms with Crippen molar-refractivity contribution in [1.29, 1.82) is 0 Å². The lowest BCUT2D eigenvalue weighted by molar-refractivity contribution is 0.415. The maximum atomic E-state index is 13.2. The lowest BCUT2D eigenvalue weighted by atomic mass is 10.2. The van der Waals surface area contributed by atoms with Crippen molar-refractivity contribution in [2.75, 3.05) is 7.11 Å². The highest BCUT2D eigenvalue weighted by molar-refractivity contribution is 5.80. The highest BCUT2D eigenvalue weighted by atomic mass is 19.1. The van der Waals surface area contributed by atoms with Crippen molar-refractivity contribution < 1.29 is 9.13 Å². The topological polar surface area (TPSA) is 37.9 Å². The number of hydrogen-bond acceptors (Lipinski definition) is 2. The molecular formula is C14H11FN2O. The van der Waals surface area contributed by atoms with Gasteiger partial charge in [0.15, 0.2) is 0 Å². The molecule has 3 aromatic rings. The van der Waals surface area contributed by atoms with Crippen molar-refractivity contribution in [3.8, 4) is 17.1 Å². The predicted octanol–water partition coefficient (Wildman–Crippen LogP) is 3.38. The van der Waals surface area contributed by atoms with E-state index in [0.29, 0.717) is 5.82 Å². The van der Waals surface area contributed by atoms with E-state index >= 15 is 0 Å². The number of benzene rings is 2. The van der Waals surface area contributed by atoms with E-state index in [-0.39, 0.29) is 5.82 Å². The summed E-state index contributed by atoms with van der Waals surface area (Å²) >= 11 is 0. The minimum absolute atomic E-state index is 0.273. The number of aromatic nitrogens is 2. The molecule has 0 atom stereocenters. The minimum Gasteiger partial charge on any atom is -0.497 e. The van der Waals surface area contributed by atoms with E-state index in [1.54, 1.807) is 13.2 Å². The first-order chi connectivity index (χ1) is 8.76. The smallest absolute Gasteiger partial charge is 0.138 e. The SMILES string of the molecule is COc1ccc2nc(-c3cccc(F)c3)[nH]c2c1. The van der Waals surface area contributed by atoms with Gasteiger partial charge in [-0.05, 0) is 24.3 Å². The van der Waals surface area contributed by atoms with Gasteiger partial charge in [-0.3, -0.25) is 0 Å². The quantitative estimate of drug-likeness (QED) is 0.748. The van der Waals surface area contributed by atoms with Gasteiger partial charge in [-0.25, -0.2) is 9.37 Å². The van der Waals surface area contributed by atoms with Crippen LogP contribution in [0.4, 0.5) is 4.39 Å². The number of imidazole rings is 1. The summed E-state index contributed by atoms with van der Waals surface area (Å²) in [6, 6.07) is 11.9. The van der Waals surface area contributed by atoms with Crippen molar-refractivity contribution in [3.05, 3.63) is 48.3 Å². The fraction of sp³-hybridized carbons (Fsp3) is 0.0714. The van der Waals surface area contributed by atoms with Gasteiger partial charge in [-0.15, -0.1) is 0 Å². The number of methoxy groups -OCH3 is 1. The highest BCUT2D eigenvalue weighted by Gasteiger charge is 2.06. The van der Waals surface area contributed by atoms with Gasteiger partial charge in [-0.2, -0.15) is 0 Å². The van der Waals surface area contributed by atoms with Gasteiger partial charge < -0.3 is 9.72 Å². The van der Waals surface area contributed by atoms with Crippen LogP contribution in [0.2, 0.25) is 0 Å². The third-order valence-electron chi connectivity index (χ3n) is 2.79. The zero-order valence-corrected chi connectivity index (χ0v) is 9.77. The van der Waals surface area contributed by atoms with Gasteiger partial charge in [0, 0.05) is 11.6 Å². The molecular weight excluding hydrogens is 231 g/mol. The van der Waals surface area contributed by atoms with E-state index in [1.165, 1.54) is 12.1 Å². The molecule has 0 fully saturated rings. The molecule has 3 nitrogen and oxygen atoms in total. The molecule has 1 N–H and O–H groups in total. The lowest BCUT2D eigenvalue weighted by Gasteiger charge is -1.97. The normalized spacial score (nSPS) is 10.8. The molecule has 18 heavy (non-hydrogen) atoms. The Labute approximate surface area is 103 Å². The average Bonchev–Trinajstić information content (AvgIpc) is 2.81. The standard InChI is InChI=1S/C14H11FN2O/c1-18-11-5-6-12-13(8-11)17-14(16-12)9-3-2-4-10(15)7-9/h2-8H,1H3,(H,16,17). The molecule has 1 aromatic heterocycles. The fourth-order valence-electron chi connectivity index (χ4n) is 1.89. The third kappa shape index (κ3) is 1.82. The first kappa shape index (κ1) is 10.8. The van der Waals surface area contributed by atoms with E-state index in [2.05, 4.69) is 9.97 Å². The molecule has 0 aliphatic heterocycles. The molecule has 0 unspecified atom stereocenters. The molecule has 0 amide bonds. The zero-order valence-electron chi connectivity index (χ0n) is 9.77. The Hall–Kier alpha value is -2.36. The molecule has 0 aliphatic rings. The molecule has 0 spiro atoms. The number of halogens is 1. The van der Waals surface area contributed by atoms with Crippen molar-refractivity contribution in [2.24, 2.45) is 0 Å². The number of fused-ring (bicyclic) bond motifs is 1.